The fraction of sp³-hybridized carbons (Fsp3) is 0.100. The largest absolute Gasteiger partial charge is 0.304 e. The molecule has 3 heterocycles. The minimum Gasteiger partial charge on any atom is -0.304 e. The van der Waals surface area contributed by atoms with Gasteiger partial charge in [0.15, 0.2) is 17.2 Å². The van der Waals surface area contributed by atoms with Crippen LogP contribution in [0.3, 0.4) is 0 Å². The Hall–Kier alpha value is -4.12. The molecule has 3 aromatic heterocycles. The first-order valence-electron chi connectivity index (χ1n) is 8.54. The van der Waals surface area contributed by atoms with Crippen molar-refractivity contribution in [3.63, 3.8) is 0 Å². The van der Waals surface area contributed by atoms with Gasteiger partial charge in [0.25, 0.3) is 5.91 Å². The molecular formula is C20H15N7O. The summed E-state index contributed by atoms with van der Waals surface area (Å²) in [4.78, 5) is 17.2. The van der Waals surface area contributed by atoms with E-state index < -0.39 is 0 Å². The van der Waals surface area contributed by atoms with Crippen LogP contribution < -0.4 is 5.32 Å². The van der Waals surface area contributed by atoms with Gasteiger partial charge in [-0.3, -0.25) is 4.79 Å². The molecule has 0 saturated heterocycles. The maximum Gasteiger partial charge on any atom is 0.277 e. The highest BCUT2D eigenvalue weighted by molar-refractivity contribution is 6.03. The van der Waals surface area contributed by atoms with Crippen LogP contribution in [0, 0.1) is 25.2 Å². The fourth-order valence-corrected chi connectivity index (χ4v) is 2.85. The molecule has 0 spiro atoms. The molecule has 28 heavy (non-hydrogen) atoms. The second-order valence-corrected chi connectivity index (χ2v) is 6.24. The molecule has 8 heteroatoms. The highest BCUT2D eigenvalue weighted by Crippen LogP contribution is 2.20. The summed E-state index contributed by atoms with van der Waals surface area (Å²) in [6, 6.07) is 16.3. The lowest BCUT2D eigenvalue weighted by atomic mass is 10.1. The maximum absolute atomic E-state index is 12.8. The minimum absolute atomic E-state index is 0.315. The third kappa shape index (κ3) is 3.17. The quantitative estimate of drug-likeness (QED) is 0.595. The standard InChI is InChI=1S/C20H15N7O/c1-12-6-8-17(25-24-12)23-20(28)19-13(2)22-18-9-7-16(26-27(18)19)15-5-3-4-14(10-15)11-21/h3-10H,1-2H3,(H,23,25,28). The van der Waals surface area contributed by atoms with Gasteiger partial charge in [-0.25, -0.2) is 9.50 Å². The number of nitrogens with one attached hydrogen (secondary N) is 1. The van der Waals surface area contributed by atoms with Crippen LogP contribution in [0.15, 0.2) is 48.5 Å². The van der Waals surface area contributed by atoms with Crippen LogP contribution in [0.1, 0.15) is 27.4 Å². The van der Waals surface area contributed by atoms with E-state index in [0.29, 0.717) is 34.1 Å². The van der Waals surface area contributed by atoms with Gasteiger partial charge < -0.3 is 5.32 Å². The van der Waals surface area contributed by atoms with E-state index in [0.717, 1.165) is 11.3 Å². The third-order valence-electron chi connectivity index (χ3n) is 4.19. The number of carbonyl (C=O) groups excluding carboxylic acids is 1. The van der Waals surface area contributed by atoms with Crippen LogP contribution in [0.25, 0.3) is 16.9 Å². The van der Waals surface area contributed by atoms with Crippen LogP contribution >= 0.6 is 0 Å². The summed E-state index contributed by atoms with van der Waals surface area (Å²) < 4.78 is 1.50. The second kappa shape index (κ2) is 6.89. The van der Waals surface area contributed by atoms with Crippen molar-refractivity contribution in [2.75, 3.05) is 5.32 Å². The zero-order valence-electron chi connectivity index (χ0n) is 15.2. The lowest BCUT2D eigenvalue weighted by Gasteiger charge is -2.06. The summed E-state index contributed by atoms with van der Waals surface area (Å²) in [6.45, 7) is 3.57. The van der Waals surface area contributed by atoms with Gasteiger partial charge in [0.1, 0.15) is 0 Å². The fourth-order valence-electron chi connectivity index (χ4n) is 2.85. The molecule has 0 fully saturated rings. The number of hydrogen-bond acceptors (Lipinski definition) is 6. The van der Waals surface area contributed by atoms with Gasteiger partial charge in [-0.2, -0.15) is 15.5 Å². The predicted octanol–water partition coefficient (Wildman–Crippen LogP) is 2.93. The zero-order chi connectivity index (χ0) is 19.7. The van der Waals surface area contributed by atoms with Crippen molar-refractivity contribution >= 4 is 17.4 Å². The first kappa shape index (κ1) is 17.3. The van der Waals surface area contributed by atoms with Crippen molar-refractivity contribution in [1.82, 2.24) is 24.8 Å². The summed E-state index contributed by atoms with van der Waals surface area (Å²) in [5.74, 6) is -0.0265. The van der Waals surface area contributed by atoms with Gasteiger partial charge in [-0.1, -0.05) is 12.1 Å². The van der Waals surface area contributed by atoms with E-state index in [1.54, 1.807) is 43.3 Å². The molecule has 0 radical (unpaired) electrons. The summed E-state index contributed by atoms with van der Waals surface area (Å²) in [5.41, 5.74) is 4.13. The highest BCUT2D eigenvalue weighted by Gasteiger charge is 2.19. The number of imidazole rings is 1. The number of hydrogen-bond donors (Lipinski definition) is 1. The molecule has 4 rings (SSSR count). The van der Waals surface area contributed by atoms with Crippen LogP contribution in [0.2, 0.25) is 0 Å². The average molecular weight is 369 g/mol. The zero-order valence-corrected chi connectivity index (χ0v) is 15.2. The molecule has 0 bridgehead atoms. The lowest BCUT2D eigenvalue weighted by Crippen LogP contribution is -2.17. The number of amides is 1. The van der Waals surface area contributed by atoms with Gasteiger partial charge in [-0.15, -0.1) is 5.10 Å². The molecule has 136 valence electrons. The number of aromatic nitrogens is 5. The molecular weight excluding hydrogens is 354 g/mol. The predicted molar refractivity (Wildman–Crippen MR) is 103 cm³/mol. The average Bonchev–Trinajstić information content (AvgIpc) is 3.04. The SMILES string of the molecule is Cc1ccc(NC(=O)c2c(C)nc3ccc(-c4cccc(C#N)c4)nn23)nn1. The topological polar surface area (TPSA) is 109 Å². The highest BCUT2D eigenvalue weighted by atomic mass is 16.2. The Labute approximate surface area is 160 Å². The van der Waals surface area contributed by atoms with Crippen molar-refractivity contribution in [1.29, 1.82) is 5.26 Å². The maximum atomic E-state index is 12.8. The van der Waals surface area contributed by atoms with Gasteiger partial charge in [-0.05, 0) is 50.2 Å². The Kier molecular flexibility index (Phi) is 4.26. The molecule has 0 aliphatic carbocycles. The number of nitriles is 1. The summed E-state index contributed by atoms with van der Waals surface area (Å²) in [5, 5.41) is 24.3. The monoisotopic (exact) mass is 369 g/mol. The van der Waals surface area contributed by atoms with E-state index in [9.17, 15) is 4.79 Å². The normalized spacial score (nSPS) is 10.6. The Morgan fingerprint density at radius 2 is 1.96 bits per heavy atom. The van der Waals surface area contributed by atoms with Gasteiger partial charge in [0, 0.05) is 5.56 Å². The number of anilines is 1. The van der Waals surface area contributed by atoms with E-state index in [4.69, 9.17) is 5.26 Å². The molecule has 4 aromatic rings. The number of carbonyl (C=O) groups is 1. The van der Waals surface area contributed by atoms with Gasteiger partial charge >= 0.3 is 0 Å². The van der Waals surface area contributed by atoms with E-state index in [1.165, 1.54) is 4.52 Å². The molecule has 0 saturated carbocycles. The Balaban J connectivity index is 1.75. The van der Waals surface area contributed by atoms with Crippen molar-refractivity contribution in [2.24, 2.45) is 0 Å². The molecule has 0 aliphatic rings. The van der Waals surface area contributed by atoms with Gasteiger partial charge in [0.2, 0.25) is 0 Å². The van der Waals surface area contributed by atoms with Crippen molar-refractivity contribution in [3.8, 4) is 17.3 Å². The van der Waals surface area contributed by atoms with Gasteiger partial charge in [0.05, 0.1) is 28.7 Å². The smallest absolute Gasteiger partial charge is 0.277 e. The first-order valence-corrected chi connectivity index (χ1v) is 8.54. The molecule has 8 nitrogen and oxygen atoms in total. The Morgan fingerprint density at radius 3 is 2.71 bits per heavy atom. The Morgan fingerprint density at radius 1 is 1.11 bits per heavy atom. The van der Waals surface area contributed by atoms with Crippen molar-refractivity contribution < 1.29 is 4.79 Å². The number of benzene rings is 1. The van der Waals surface area contributed by atoms with Crippen molar-refractivity contribution in [3.05, 3.63) is 71.2 Å². The van der Waals surface area contributed by atoms with Crippen LogP contribution in [-0.2, 0) is 0 Å². The summed E-state index contributed by atoms with van der Waals surface area (Å²) in [7, 11) is 0. The molecule has 0 aliphatic heterocycles. The minimum atomic E-state index is -0.376. The number of nitrogens with zero attached hydrogens (tertiary/aromatic N) is 6. The summed E-state index contributed by atoms with van der Waals surface area (Å²) >= 11 is 0. The van der Waals surface area contributed by atoms with E-state index >= 15 is 0 Å². The van der Waals surface area contributed by atoms with Crippen LogP contribution in [0.5, 0.6) is 0 Å². The molecule has 0 unspecified atom stereocenters. The molecule has 1 aromatic carbocycles. The van der Waals surface area contributed by atoms with Crippen LogP contribution in [-0.4, -0.2) is 30.7 Å². The number of aryl methyl sites for hydroxylation is 2. The third-order valence-corrected chi connectivity index (χ3v) is 4.19. The first-order chi connectivity index (χ1) is 13.5. The number of rotatable bonds is 3. The van der Waals surface area contributed by atoms with E-state index in [2.05, 4.69) is 31.7 Å². The van der Waals surface area contributed by atoms with Crippen molar-refractivity contribution in [2.45, 2.75) is 13.8 Å². The second-order valence-electron chi connectivity index (χ2n) is 6.24. The molecule has 0 atom stereocenters. The van der Waals surface area contributed by atoms with Crippen LogP contribution in [0.4, 0.5) is 5.82 Å². The Bertz CT molecular complexity index is 1240. The lowest BCUT2D eigenvalue weighted by molar-refractivity contribution is 0.101. The molecule has 1 amide bonds. The van der Waals surface area contributed by atoms with E-state index in [-0.39, 0.29) is 5.91 Å². The number of fused-ring (bicyclic) bond motifs is 1. The summed E-state index contributed by atoms with van der Waals surface area (Å²) in [6.07, 6.45) is 0. The van der Waals surface area contributed by atoms with E-state index in [1.807, 2.05) is 19.1 Å². The molecule has 1 N–H and O–H groups in total.